The summed E-state index contributed by atoms with van der Waals surface area (Å²) in [5.74, 6) is 1.92. The average Bonchev–Trinajstić information content (AvgIpc) is 3.70. The van der Waals surface area contributed by atoms with E-state index in [2.05, 4.69) is 135 Å². The van der Waals surface area contributed by atoms with Crippen LogP contribution in [0.4, 0.5) is 0 Å². The van der Waals surface area contributed by atoms with Crippen LogP contribution in [0.15, 0.2) is 160 Å². The first-order chi connectivity index (χ1) is 26.6. The molecule has 0 heteroatoms. The van der Waals surface area contributed by atoms with E-state index in [1.54, 1.807) is 44.6 Å². The highest BCUT2D eigenvalue weighted by Gasteiger charge is 2.46. The maximum absolute atomic E-state index is 2.71. The van der Waals surface area contributed by atoms with Gasteiger partial charge in [-0.15, -0.1) is 0 Å². The Kier molecular flexibility index (Phi) is 5.88. The Morgan fingerprint density at radius 3 is 2.31 bits per heavy atom. The monoisotopic (exact) mass is 690 g/mol. The molecule has 9 aliphatic carbocycles. The van der Waals surface area contributed by atoms with E-state index in [4.69, 9.17) is 0 Å². The zero-order valence-corrected chi connectivity index (χ0v) is 31.1. The van der Waals surface area contributed by atoms with Crippen molar-refractivity contribution in [1.82, 2.24) is 0 Å². The second-order valence-electron chi connectivity index (χ2n) is 17.3. The van der Waals surface area contributed by atoms with Gasteiger partial charge in [-0.3, -0.25) is 0 Å². The molecule has 0 saturated heterocycles. The Morgan fingerprint density at radius 2 is 1.48 bits per heavy atom. The third kappa shape index (κ3) is 3.70. The topological polar surface area (TPSA) is 0 Å². The van der Waals surface area contributed by atoms with Gasteiger partial charge in [-0.2, -0.15) is 0 Å². The fourth-order valence-electron chi connectivity index (χ4n) is 12.5. The smallest absolute Gasteiger partial charge is 0.0196 e. The van der Waals surface area contributed by atoms with E-state index >= 15 is 0 Å². The molecule has 13 rings (SSSR count). The van der Waals surface area contributed by atoms with Crippen LogP contribution >= 0.6 is 0 Å². The van der Waals surface area contributed by atoms with Crippen LogP contribution in [0.5, 0.6) is 0 Å². The molecule has 0 nitrogen and oxygen atoms in total. The summed E-state index contributed by atoms with van der Waals surface area (Å²) >= 11 is 0. The Balaban J connectivity index is 1.20. The second kappa shape index (κ2) is 10.6. The van der Waals surface area contributed by atoms with Crippen molar-refractivity contribution in [3.05, 3.63) is 194 Å². The molecule has 9 aliphatic rings. The first-order valence-corrected chi connectivity index (χ1v) is 20.5. The van der Waals surface area contributed by atoms with Gasteiger partial charge in [0.1, 0.15) is 0 Å². The normalized spacial score (nSPS) is 25.9. The van der Waals surface area contributed by atoms with Gasteiger partial charge in [-0.1, -0.05) is 103 Å². The second-order valence-corrected chi connectivity index (χ2v) is 17.3. The number of benzene rings is 4. The molecule has 0 radical (unpaired) electrons. The number of fused-ring (bicyclic) bond motifs is 8. The standard InChI is InChI=1S/C54H42/c1-29-11-3-6-16-35(29)50-45-28-42-41(39-20-10-19-38-37-18-8-5-13-33(37)25-43(42)49(38)39)27-44(45)51(36-17-7-4-12-30(36)2)54-46-26-34-15-9-14-31-21-22-32-23-24-40(53(50)54)52(46)48(32)47(31)34/h3-4,6-12,14-19,21-22,26-28,31,33,39,47H,5,13,20,23-25H2,1-2H3. The lowest BCUT2D eigenvalue weighted by Crippen LogP contribution is -2.27. The van der Waals surface area contributed by atoms with Crippen molar-refractivity contribution >= 4 is 27.5 Å². The van der Waals surface area contributed by atoms with Crippen LogP contribution in [-0.4, -0.2) is 0 Å². The van der Waals surface area contributed by atoms with Crippen molar-refractivity contribution in [1.29, 1.82) is 0 Å². The van der Waals surface area contributed by atoms with Gasteiger partial charge in [0.05, 0.1) is 0 Å². The zero-order chi connectivity index (χ0) is 35.4. The van der Waals surface area contributed by atoms with Crippen molar-refractivity contribution in [2.45, 2.75) is 58.3 Å². The zero-order valence-electron chi connectivity index (χ0n) is 31.1. The molecule has 0 amide bonds. The van der Waals surface area contributed by atoms with Crippen LogP contribution in [0, 0.1) is 31.6 Å². The molecule has 0 aromatic heterocycles. The maximum Gasteiger partial charge on any atom is 0.0196 e. The SMILES string of the molecule is Cc1ccccc1-c1c2c(c(-c3ccccc3C)c3cc4c(cc13)C1CC=CC3=C5C=CCCC5CC4=C31)C1=C3C2=CC2=CC=CC4C=CC(=C3C24)CC1. The summed E-state index contributed by atoms with van der Waals surface area (Å²) < 4.78 is 0. The quantitative estimate of drug-likeness (QED) is 0.196. The predicted octanol–water partition coefficient (Wildman–Crippen LogP) is 13.8. The summed E-state index contributed by atoms with van der Waals surface area (Å²) in [5.41, 5.74) is 30.2. The van der Waals surface area contributed by atoms with E-state index in [9.17, 15) is 0 Å². The number of hydrogen-bond donors (Lipinski definition) is 0. The summed E-state index contributed by atoms with van der Waals surface area (Å²) in [5, 5.41) is 2.86. The van der Waals surface area contributed by atoms with Gasteiger partial charge in [-0.05, 0) is 199 Å². The van der Waals surface area contributed by atoms with Crippen LogP contribution < -0.4 is 0 Å². The van der Waals surface area contributed by atoms with Crippen LogP contribution in [-0.2, 0) is 0 Å². The number of aryl methyl sites for hydroxylation is 2. The van der Waals surface area contributed by atoms with E-state index in [-0.39, 0.29) is 0 Å². The van der Waals surface area contributed by atoms with Gasteiger partial charge in [-0.25, -0.2) is 0 Å². The number of hydrogen-bond acceptors (Lipinski definition) is 0. The lowest BCUT2D eigenvalue weighted by molar-refractivity contribution is 0.564. The van der Waals surface area contributed by atoms with Crippen molar-refractivity contribution in [2.75, 3.05) is 0 Å². The van der Waals surface area contributed by atoms with Gasteiger partial charge >= 0.3 is 0 Å². The lowest BCUT2D eigenvalue weighted by atomic mass is 9.63. The van der Waals surface area contributed by atoms with E-state index in [0.29, 0.717) is 23.7 Å². The van der Waals surface area contributed by atoms with E-state index < -0.39 is 0 Å². The molecule has 0 N–H and O–H groups in total. The van der Waals surface area contributed by atoms with E-state index in [0.717, 1.165) is 19.3 Å². The third-order valence-corrected chi connectivity index (χ3v) is 14.7. The van der Waals surface area contributed by atoms with Crippen LogP contribution in [0.3, 0.4) is 0 Å². The fourth-order valence-corrected chi connectivity index (χ4v) is 12.5. The summed E-state index contributed by atoms with van der Waals surface area (Å²) in [4.78, 5) is 0. The minimum Gasteiger partial charge on any atom is -0.0842 e. The number of allylic oxidation sites excluding steroid dienone is 20. The Bertz CT molecular complexity index is 2840. The van der Waals surface area contributed by atoms with Crippen molar-refractivity contribution < 1.29 is 0 Å². The molecule has 0 aliphatic heterocycles. The molecule has 0 bridgehead atoms. The maximum atomic E-state index is 2.71. The van der Waals surface area contributed by atoms with Crippen molar-refractivity contribution in [2.24, 2.45) is 17.8 Å². The highest BCUT2D eigenvalue weighted by atomic mass is 14.5. The molecule has 4 aromatic rings. The molecule has 54 heavy (non-hydrogen) atoms. The van der Waals surface area contributed by atoms with Gasteiger partial charge in [0.2, 0.25) is 0 Å². The lowest BCUT2D eigenvalue weighted by Gasteiger charge is -2.40. The van der Waals surface area contributed by atoms with Gasteiger partial charge in [0, 0.05) is 17.8 Å². The molecule has 4 unspecified atom stereocenters. The highest BCUT2D eigenvalue weighted by Crippen LogP contribution is 2.65. The van der Waals surface area contributed by atoms with Gasteiger partial charge in [0.25, 0.3) is 0 Å². The molecule has 0 heterocycles. The Labute approximate surface area is 318 Å². The Hall–Kier alpha value is -5.46. The molecule has 258 valence electrons. The van der Waals surface area contributed by atoms with Crippen LogP contribution in [0.25, 0.3) is 49.7 Å². The molecular formula is C54H42. The highest BCUT2D eigenvalue weighted by molar-refractivity contribution is 6.22. The summed E-state index contributed by atoms with van der Waals surface area (Å²) in [7, 11) is 0. The molecule has 4 aromatic carbocycles. The van der Waals surface area contributed by atoms with Crippen LogP contribution in [0.1, 0.15) is 77.8 Å². The minimum absolute atomic E-state index is 0.429. The Morgan fingerprint density at radius 1 is 0.685 bits per heavy atom. The van der Waals surface area contributed by atoms with Gasteiger partial charge < -0.3 is 0 Å². The fraction of sp³-hybridized carbons (Fsp3) is 0.222. The first-order valence-electron chi connectivity index (χ1n) is 20.5. The summed E-state index contributed by atoms with van der Waals surface area (Å²) in [6, 6.07) is 23.9. The molecule has 0 fully saturated rings. The first kappa shape index (κ1) is 29.9. The molecule has 4 atom stereocenters. The molecule has 0 spiro atoms. The minimum atomic E-state index is 0.429. The molecule has 0 saturated carbocycles. The van der Waals surface area contributed by atoms with Crippen LogP contribution in [0.2, 0.25) is 0 Å². The van der Waals surface area contributed by atoms with E-state index in [1.807, 2.05) is 0 Å². The predicted molar refractivity (Wildman–Crippen MR) is 226 cm³/mol. The third-order valence-electron chi connectivity index (χ3n) is 14.7. The summed E-state index contributed by atoms with van der Waals surface area (Å²) in [6.45, 7) is 4.66. The largest absolute Gasteiger partial charge is 0.0842 e. The average molecular weight is 691 g/mol. The molecular weight excluding hydrogens is 649 g/mol. The van der Waals surface area contributed by atoms with Gasteiger partial charge in [0.15, 0.2) is 0 Å². The van der Waals surface area contributed by atoms with Crippen molar-refractivity contribution in [3.63, 3.8) is 0 Å². The number of rotatable bonds is 2. The summed E-state index contributed by atoms with van der Waals surface area (Å²) in [6.07, 6.45) is 31.5. The van der Waals surface area contributed by atoms with E-state index in [1.165, 1.54) is 96.8 Å². The van der Waals surface area contributed by atoms with Crippen molar-refractivity contribution in [3.8, 4) is 22.3 Å².